The van der Waals surface area contributed by atoms with Crippen LogP contribution < -0.4 is 0 Å². The van der Waals surface area contributed by atoms with E-state index in [1.165, 1.54) is 0 Å². The van der Waals surface area contributed by atoms with Crippen molar-refractivity contribution in [3.05, 3.63) is 0 Å². The molecular formula is C7H13NO2. The lowest BCUT2D eigenvalue weighted by Crippen LogP contribution is -2.37. The molecule has 1 aliphatic heterocycles. The molecule has 10 heavy (non-hydrogen) atoms. The molecule has 1 N–H and O–H groups in total. The number of amides is 1. The van der Waals surface area contributed by atoms with Crippen LogP contribution in [0.2, 0.25) is 0 Å². The topological polar surface area (TPSA) is 40.5 Å². The zero-order valence-electron chi connectivity index (χ0n) is 6.05. The number of piperidine rings is 1. The molecule has 58 valence electrons. The van der Waals surface area contributed by atoms with Crippen LogP contribution in [0.15, 0.2) is 0 Å². The largest absolute Gasteiger partial charge is 0.395 e. The monoisotopic (exact) mass is 143 g/mol. The van der Waals surface area contributed by atoms with Gasteiger partial charge in [-0.1, -0.05) is 0 Å². The molecule has 0 aromatic carbocycles. The van der Waals surface area contributed by atoms with Gasteiger partial charge in [-0.05, 0) is 12.8 Å². The highest BCUT2D eigenvalue weighted by Crippen LogP contribution is 2.08. The molecule has 3 heteroatoms. The highest BCUT2D eigenvalue weighted by Gasteiger charge is 2.16. The summed E-state index contributed by atoms with van der Waals surface area (Å²) in [6, 6.07) is 0. The smallest absolute Gasteiger partial charge is 0.222 e. The minimum absolute atomic E-state index is 0.0890. The number of likely N-dealkylation sites (tertiary alicyclic amines) is 1. The Labute approximate surface area is 60.6 Å². The quantitative estimate of drug-likeness (QED) is 0.590. The zero-order valence-corrected chi connectivity index (χ0v) is 6.05. The lowest BCUT2D eigenvalue weighted by molar-refractivity contribution is -0.133. The predicted octanol–water partition coefficient (Wildman–Crippen LogP) is -0.00880. The third kappa shape index (κ3) is 1.70. The molecule has 1 amide bonds. The summed E-state index contributed by atoms with van der Waals surface area (Å²) in [5.74, 6) is 0.195. The molecule has 0 aliphatic carbocycles. The lowest BCUT2D eigenvalue weighted by Gasteiger charge is -2.25. The summed E-state index contributed by atoms with van der Waals surface area (Å²) in [6.07, 6.45) is 2.77. The van der Waals surface area contributed by atoms with E-state index in [1.807, 2.05) is 0 Å². The third-order valence-electron chi connectivity index (χ3n) is 1.79. The lowest BCUT2D eigenvalue weighted by atomic mass is 10.1. The van der Waals surface area contributed by atoms with Crippen molar-refractivity contribution in [2.24, 2.45) is 0 Å². The molecule has 0 atom stereocenters. The highest BCUT2D eigenvalue weighted by molar-refractivity contribution is 5.76. The summed E-state index contributed by atoms with van der Waals surface area (Å²) in [6.45, 7) is 1.43. The van der Waals surface area contributed by atoms with E-state index in [1.54, 1.807) is 4.90 Å². The minimum atomic E-state index is 0.0890. The van der Waals surface area contributed by atoms with Crippen molar-refractivity contribution in [2.75, 3.05) is 19.7 Å². The third-order valence-corrected chi connectivity index (χ3v) is 1.79. The number of hydrogen-bond acceptors (Lipinski definition) is 2. The number of hydrogen-bond donors (Lipinski definition) is 1. The van der Waals surface area contributed by atoms with Crippen LogP contribution in [-0.4, -0.2) is 35.6 Å². The van der Waals surface area contributed by atoms with Gasteiger partial charge in [-0.3, -0.25) is 4.79 Å². The number of rotatable bonds is 2. The molecule has 0 aromatic rings. The summed E-state index contributed by atoms with van der Waals surface area (Å²) in [4.78, 5) is 12.7. The van der Waals surface area contributed by atoms with Crippen molar-refractivity contribution in [3.8, 4) is 0 Å². The van der Waals surface area contributed by atoms with E-state index in [0.717, 1.165) is 19.4 Å². The van der Waals surface area contributed by atoms with E-state index in [0.29, 0.717) is 13.0 Å². The summed E-state index contributed by atoms with van der Waals surface area (Å²) < 4.78 is 0. The molecule has 0 radical (unpaired) electrons. The van der Waals surface area contributed by atoms with E-state index in [2.05, 4.69) is 0 Å². The standard InChI is InChI=1S/C7H13NO2/c9-6-5-8-4-2-1-3-7(8)10/h9H,1-6H2. The second kappa shape index (κ2) is 3.56. The normalized spacial score (nSPS) is 19.7. The molecule has 0 saturated carbocycles. The molecule has 1 aliphatic rings. The van der Waals surface area contributed by atoms with Gasteiger partial charge in [0.25, 0.3) is 0 Å². The van der Waals surface area contributed by atoms with Gasteiger partial charge < -0.3 is 10.0 Å². The Balaban J connectivity index is 2.32. The summed E-state index contributed by atoms with van der Waals surface area (Å²) in [5.41, 5.74) is 0. The highest BCUT2D eigenvalue weighted by atomic mass is 16.3. The molecule has 1 rings (SSSR count). The molecule has 0 aromatic heterocycles. The molecule has 1 heterocycles. The first-order valence-corrected chi connectivity index (χ1v) is 3.73. The van der Waals surface area contributed by atoms with E-state index in [9.17, 15) is 4.79 Å². The molecule has 0 unspecified atom stereocenters. The van der Waals surface area contributed by atoms with Crippen LogP contribution in [0.4, 0.5) is 0 Å². The van der Waals surface area contributed by atoms with Gasteiger partial charge in [-0.15, -0.1) is 0 Å². The molecule has 3 nitrogen and oxygen atoms in total. The zero-order chi connectivity index (χ0) is 7.40. The first kappa shape index (κ1) is 7.54. The molecule has 1 saturated heterocycles. The first-order chi connectivity index (χ1) is 4.84. The van der Waals surface area contributed by atoms with Crippen molar-refractivity contribution >= 4 is 5.91 Å². The number of aliphatic hydroxyl groups is 1. The van der Waals surface area contributed by atoms with Gasteiger partial charge in [0.15, 0.2) is 0 Å². The van der Waals surface area contributed by atoms with E-state index in [-0.39, 0.29) is 12.5 Å². The van der Waals surface area contributed by atoms with Gasteiger partial charge in [0.05, 0.1) is 6.61 Å². The fraction of sp³-hybridized carbons (Fsp3) is 0.857. The van der Waals surface area contributed by atoms with Crippen molar-refractivity contribution in [1.29, 1.82) is 0 Å². The molecule has 0 spiro atoms. The Hall–Kier alpha value is -0.570. The summed E-state index contributed by atoms with van der Waals surface area (Å²) >= 11 is 0. The Kier molecular flexibility index (Phi) is 2.68. The van der Waals surface area contributed by atoms with Gasteiger partial charge in [0.2, 0.25) is 5.91 Å². The van der Waals surface area contributed by atoms with Crippen LogP contribution in [0.5, 0.6) is 0 Å². The average molecular weight is 143 g/mol. The van der Waals surface area contributed by atoms with E-state index >= 15 is 0 Å². The maximum atomic E-state index is 11.0. The van der Waals surface area contributed by atoms with Gasteiger partial charge in [-0.25, -0.2) is 0 Å². The van der Waals surface area contributed by atoms with Crippen molar-refractivity contribution in [3.63, 3.8) is 0 Å². The molecular weight excluding hydrogens is 130 g/mol. The maximum Gasteiger partial charge on any atom is 0.222 e. The van der Waals surface area contributed by atoms with Crippen LogP contribution in [0.3, 0.4) is 0 Å². The SMILES string of the molecule is O=C1CCCCN1CCO. The summed E-state index contributed by atoms with van der Waals surface area (Å²) in [7, 11) is 0. The molecule has 1 fully saturated rings. The summed E-state index contributed by atoms with van der Waals surface area (Å²) in [5, 5.41) is 8.54. The van der Waals surface area contributed by atoms with Crippen LogP contribution in [-0.2, 0) is 4.79 Å². The fourth-order valence-corrected chi connectivity index (χ4v) is 1.22. The fourth-order valence-electron chi connectivity index (χ4n) is 1.22. The Morgan fingerprint density at radius 3 is 2.90 bits per heavy atom. The van der Waals surface area contributed by atoms with Crippen LogP contribution in [0, 0.1) is 0 Å². The second-order valence-corrected chi connectivity index (χ2v) is 2.56. The van der Waals surface area contributed by atoms with Crippen LogP contribution in [0.1, 0.15) is 19.3 Å². The number of carbonyl (C=O) groups is 1. The van der Waals surface area contributed by atoms with Gasteiger partial charge >= 0.3 is 0 Å². The van der Waals surface area contributed by atoms with Gasteiger partial charge in [-0.2, -0.15) is 0 Å². The van der Waals surface area contributed by atoms with Crippen molar-refractivity contribution in [2.45, 2.75) is 19.3 Å². The Morgan fingerprint density at radius 2 is 2.30 bits per heavy atom. The van der Waals surface area contributed by atoms with Crippen molar-refractivity contribution in [1.82, 2.24) is 4.90 Å². The number of nitrogens with zero attached hydrogens (tertiary/aromatic N) is 1. The predicted molar refractivity (Wildman–Crippen MR) is 37.5 cm³/mol. The van der Waals surface area contributed by atoms with E-state index < -0.39 is 0 Å². The first-order valence-electron chi connectivity index (χ1n) is 3.73. The van der Waals surface area contributed by atoms with Gasteiger partial charge in [0, 0.05) is 19.5 Å². The number of carbonyl (C=O) groups excluding carboxylic acids is 1. The Morgan fingerprint density at radius 1 is 1.50 bits per heavy atom. The van der Waals surface area contributed by atoms with Gasteiger partial charge in [0.1, 0.15) is 0 Å². The van der Waals surface area contributed by atoms with Crippen LogP contribution in [0.25, 0.3) is 0 Å². The number of β-amino-alcohol motifs (C(OH)–C–C–N with tert-alkyl or cyclic N) is 1. The Bertz CT molecular complexity index is 123. The van der Waals surface area contributed by atoms with Crippen molar-refractivity contribution < 1.29 is 9.90 Å². The average Bonchev–Trinajstić information content (AvgIpc) is 1.94. The number of aliphatic hydroxyl groups excluding tert-OH is 1. The minimum Gasteiger partial charge on any atom is -0.395 e. The second-order valence-electron chi connectivity index (χ2n) is 2.56. The van der Waals surface area contributed by atoms with E-state index in [4.69, 9.17) is 5.11 Å². The van der Waals surface area contributed by atoms with Crippen LogP contribution >= 0.6 is 0 Å². The molecule has 0 bridgehead atoms. The maximum absolute atomic E-state index is 11.0.